The molecule has 0 amide bonds. The Kier molecular flexibility index (Phi) is 3.76. The molecule has 2 aromatic rings. The molecule has 19 heavy (non-hydrogen) atoms. The molecule has 0 aliphatic carbocycles. The van der Waals surface area contributed by atoms with Crippen molar-refractivity contribution in [2.75, 3.05) is 7.11 Å². The molecular formula is C12H13N3O4. The van der Waals surface area contributed by atoms with E-state index in [0.29, 0.717) is 11.3 Å². The summed E-state index contributed by atoms with van der Waals surface area (Å²) in [7, 11) is 1.54. The van der Waals surface area contributed by atoms with Gasteiger partial charge in [-0.25, -0.2) is 0 Å². The molecule has 1 heterocycles. The largest absolute Gasteiger partial charge is 0.497 e. The lowest BCUT2D eigenvalue weighted by Crippen LogP contribution is -2.09. The first-order valence-corrected chi connectivity index (χ1v) is 5.60. The lowest BCUT2D eigenvalue weighted by atomic mass is 10.1. The molecule has 0 spiro atoms. The highest BCUT2D eigenvalue weighted by Crippen LogP contribution is 2.20. The molecule has 0 radical (unpaired) electrons. The number of ether oxygens (including phenoxy) is 1. The number of hydrogen-bond donors (Lipinski definition) is 1. The Morgan fingerprint density at radius 1 is 1.53 bits per heavy atom. The highest BCUT2D eigenvalue weighted by atomic mass is 16.6. The molecule has 1 unspecified atom stereocenters. The highest BCUT2D eigenvalue weighted by molar-refractivity contribution is 5.29. The molecule has 1 aromatic heterocycles. The van der Waals surface area contributed by atoms with Gasteiger partial charge < -0.3 is 20.0 Å². The Balaban J connectivity index is 2.10. The number of methoxy groups -OCH3 is 1. The minimum atomic E-state index is -0.811. The van der Waals surface area contributed by atoms with Gasteiger partial charge in [0.1, 0.15) is 11.9 Å². The van der Waals surface area contributed by atoms with Crippen LogP contribution in [0.4, 0.5) is 5.82 Å². The van der Waals surface area contributed by atoms with Gasteiger partial charge in [-0.2, -0.15) is 4.68 Å². The molecule has 7 nitrogen and oxygen atoms in total. The molecule has 0 aliphatic rings. The van der Waals surface area contributed by atoms with Crippen LogP contribution >= 0.6 is 0 Å². The van der Waals surface area contributed by atoms with Crippen molar-refractivity contribution >= 4 is 5.82 Å². The number of nitro groups is 1. The Hall–Kier alpha value is -2.41. The monoisotopic (exact) mass is 263 g/mol. The second kappa shape index (κ2) is 5.49. The number of hydrogen-bond acceptors (Lipinski definition) is 5. The van der Waals surface area contributed by atoms with Crippen molar-refractivity contribution in [3.05, 3.63) is 52.2 Å². The third kappa shape index (κ3) is 3.08. The van der Waals surface area contributed by atoms with Crippen LogP contribution in [0.15, 0.2) is 36.5 Å². The van der Waals surface area contributed by atoms with Gasteiger partial charge in [0.25, 0.3) is 0 Å². The van der Waals surface area contributed by atoms with Crippen molar-refractivity contribution in [1.82, 2.24) is 9.78 Å². The third-order valence-electron chi connectivity index (χ3n) is 2.65. The molecule has 0 aliphatic heterocycles. The normalized spacial score (nSPS) is 12.1. The molecule has 1 N–H and O–H groups in total. The molecule has 7 heteroatoms. The van der Waals surface area contributed by atoms with Crippen LogP contribution in [-0.2, 0) is 6.54 Å². The van der Waals surface area contributed by atoms with Crippen LogP contribution in [0.25, 0.3) is 0 Å². The van der Waals surface area contributed by atoms with Crippen LogP contribution in [0.3, 0.4) is 0 Å². The van der Waals surface area contributed by atoms with Crippen LogP contribution < -0.4 is 4.74 Å². The Labute approximate surface area is 109 Å². The van der Waals surface area contributed by atoms with Crippen molar-refractivity contribution in [3.63, 3.8) is 0 Å². The summed E-state index contributed by atoms with van der Waals surface area (Å²) in [4.78, 5) is 9.93. The average molecular weight is 263 g/mol. The second-order valence-corrected chi connectivity index (χ2v) is 3.95. The van der Waals surface area contributed by atoms with E-state index in [1.54, 1.807) is 31.4 Å². The molecule has 0 saturated carbocycles. The minimum absolute atomic E-state index is 0.140. The van der Waals surface area contributed by atoms with Gasteiger partial charge in [-0.3, -0.25) is 0 Å². The molecule has 0 fully saturated rings. The van der Waals surface area contributed by atoms with Gasteiger partial charge in [-0.15, -0.1) is 0 Å². The summed E-state index contributed by atoms with van der Waals surface area (Å²) in [5.74, 6) is 0.404. The molecule has 0 bridgehead atoms. The van der Waals surface area contributed by atoms with Crippen LogP contribution in [0, 0.1) is 10.1 Å². The number of rotatable bonds is 5. The molecular weight excluding hydrogens is 250 g/mol. The summed E-state index contributed by atoms with van der Waals surface area (Å²) in [5.41, 5.74) is 0.664. The molecule has 1 aromatic carbocycles. The van der Waals surface area contributed by atoms with E-state index in [9.17, 15) is 15.2 Å². The first-order chi connectivity index (χ1) is 9.10. The van der Waals surface area contributed by atoms with Crippen molar-refractivity contribution in [3.8, 4) is 5.75 Å². The number of aromatic nitrogens is 2. The fraction of sp³-hybridized carbons (Fsp3) is 0.250. The van der Waals surface area contributed by atoms with Gasteiger partial charge in [0.2, 0.25) is 0 Å². The lowest BCUT2D eigenvalue weighted by Gasteiger charge is -2.10. The standard InChI is InChI=1S/C12H13N3O4/c1-19-10-4-2-3-9(7-10)11(16)8-14-6-5-12(13-14)15(17)18/h2-7,11,16H,8H2,1H3. The first kappa shape index (κ1) is 13.0. The summed E-state index contributed by atoms with van der Waals surface area (Å²) in [6, 6.07) is 8.30. The molecule has 2 rings (SSSR count). The first-order valence-electron chi connectivity index (χ1n) is 5.60. The van der Waals surface area contributed by atoms with Crippen molar-refractivity contribution in [2.24, 2.45) is 0 Å². The zero-order valence-corrected chi connectivity index (χ0v) is 10.3. The van der Waals surface area contributed by atoms with Gasteiger partial charge in [0.15, 0.2) is 0 Å². The van der Waals surface area contributed by atoms with Gasteiger partial charge in [-0.1, -0.05) is 12.1 Å². The zero-order valence-electron chi connectivity index (χ0n) is 10.3. The molecule has 100 valence electrons. The Morgan fingerprint density at radius 3 is 2.95 bits per heavy atom. The maximum absolute atomic E-state index is 10.5. The maximum Gasteiger partial charge on any atom is 0.389 e. The van der Waals surface area contributed by atoms with E-state index in [0.717, 1.165) is 0 Å². The predicted octanol–water partition coefficient (Wildman–Crippen LogP) is 1.53. The van der Waals surface area contributed by atoms with Crippen molar-refractivity contribution < 1.29 is 14.8 Å². The van der Waals surface area contributed by atoms with Crippen LogP contribution in [0.1, 0.15) is 11.7 Å². The summed E-state index contributed by atoms with van der Waals surface area (Å²) < 4.78 is 6.40. The third-order valence-corrected chi connectivity index (χ3v) is 2.65. The Bertz CT molecular complexity index is 582. The molecule has 1 atom stereocenters. The van der Waals surface area contributed by atoms with Crippen molar-refractivity contribution in [2.45, 2.75) is 12.6 Å². The zero-order chi connectivity index (χ0) is 13.8. The SMILES string of the molecule is COc1cccc(C(O)Cn2ccc([N+](=O)[O-])n2)c1. The van der Waals surface area contributed by atoms with Crippen LogP contribution in [0.5, 0.6) is 5.75 Å². The fourth-order valence-electron chi connectivity index (χ4n) is 1.68. The second-order valence-electron chi connectivity index (χ2n) is 3.95. The van der Waals surface area contributed by atoms with E-state index in [4.69, 9.17) is 4.74 Å². The summed E-state index contributed by atoms with van der Waals surface area (Å²) in [6.07, 6.45) is 0.649. The van der Waals surface area contributed by atoms with E-state index < -0.39 is 11.0 Å². The minimum Gasteiger partial charge on any atom is -0.497 e. The number of nitrogens with zero attached hydrogens (tertiary/aromatic N) is 3. The fourth-order valence-corrected chi connectivity index (χ4v) is 1.68. The highest BCUT2D eigenvalue weighted by Gasteiger charge is 2.15. The van der Waals surface area contributed by atoms with Gasteiger partial charge >= 0.3 is 5.82 Å². The van der Waals surface area contributed by atoms with Gasteiger partial charge in [0, 0.05) is 0 Å². The number of benzene rings is 1. The summed E-state index contributed by atoms with van der Waals surface area (Å²) in [5, 5.41) is 24.3. The van der Waals surface area contributed by atoms with E-state index in [1.807, 2.05) is 0 Å². The van der Waals surface area contributed by atoms with Gasteiger partial charge in [0.05, 0.1) is 31.0 Å². The van der Waals surface area contributed by atoms with E-state index in [2.05, 4.69) is 5.10 Å². The Morgan fingerprint density at radius 2 is 2.32 bits per heavy atom. The lowest BCUT2D eigenvalue weighted by molar-refractivity contribution is -0.389. The topological polar surface area (TPSA) is 90.4 Å². The van der Waals surface area contributed by atoms with E-state index >= 15 is 0 Å². The maximum atomic E-state index is 10.5. The van der Waals surface area contributed by atoms with E-state index in [-0.39, 0.29) is 12.4 Å². The number of aliphatic hydroxyl groups is 1. The molecule has 0 saturated heterocycles. The predicted molar refractivity (Wildman–Crippen MR) is 66.8 cm³/mol. The van der Waals surface area contributed by atoms with E-state index in [1.165, 1.54) is 16.9 Å². The summed E-state index contributed by atoms with van der Waals surface area (Å²) in [6.45, 7) is 0.140. The smallest absolute Gasteiger partial charge is 0.389 e. The summed E-state index contributed by atoms with van der Waals surface area (Å²) >= 11 is 0. The van der Waals surface area contributed by atoms with Crippen molar-refractivity contribution in [1.29, 1.82) is 0 Å². The quantitative estimate of drug-likeness (QED) is 0.652. The van der Waals surface area contributed by atoms with Crippen LogP contribution in [0.2, 0.25) is 0 Å². The average Bonchev–Trinajstić information content (AvgIpc) is 2.87. The van der Waals surface area contributed by atoms with Gasteiger partial charge in [-0.05, 0) is 22.6 Å². The van der Waals surface area contributed by atoms with Crippen LogP contribution in [-0.4, -0.2) is 26.9 Å². The number of aliphatic hydroxyl groups excluding tert-OH is 1.